The molecule has 7 heteroatoms. The summed E-state index contributed by atoms with van der Waals surface area (Å²) >= 11 is 0. The predicted octanol–water partition coefficient (Wildman–Crippen LogP) is 1.75. The van der Waals surface area contributed by atoms with Gasteiger partial charge in [-0.3, -0.25) is 4.79 Å². The van der Waals surface area contributed by atoms with Crippen molar-refractivity contribution in [2.45, 2.75) is 37.8 Å². The second kappa shape index (κ2) is 9.87. The van der Waals surface area contributed by atoms with E-state index in [9.17, 15) is 14.7 Å². The van der Waals surface area contributed by atoms with E-state index in [-0.39, 0.29) is 6.61 Å². The topological polar surface area (TPSA) is 96.9 Å². The van der Waals surface area contributed by atoms with E-state index in [0.717, 1.165) is 11.1 Å². The zero-order chi connectivity index (χ0) is 19.8. The van der Waals surface area contributed by atoms with Crippen molar-refractivity contribution in [2.75, 3.05) is 6.61 Å². The normalized spacial score (nSPS) is 19.6. The van der Waals surface area contributed by atoms with Crippen LogP contribution in [0.15, 0.2) is 60.7 Å². The largest absolute Gasteiger partial charge is 0.445 e. The van der Waals surface area contributed by atoms with Crippen molar-refractivity contribution in [1.82, 2.24) is 10.6 Å². The van der Waals surface area contributed by atoms with E-state index in [1.807, 2.05) is 60.7 Å². The van der Waals surface area contributed by atoms with E-state index >= 15 is 0 Å². The molecule has 0 saturated carbocycles. The molecule has 0 aromatic heterocycles. The Morgan fingerprint density at radius 2 is 1.71 bits per heavy atom. The van der Waals surface area contributed by atoms with E-state index < -0.39 is 30.4 Å². The fraction of sp³-hybridized carbons (Fsp3) is 0.333. The maximum absolute atomic E-state index is 12.7. The van der Waals surface area contributed by atoms with E-state index in [4.69, 9.17) is 9.47 Å². The van der Waals surface area contributed by atoms with Crippen LogP contribution in [0.1, 0.15) is 17.5 Å². The molecule has 3 atom stereocenters. The van der Waals surface area contributed by atoms with Crippen LogP contribution in [0.3, 0.4) is 0 Å². The van der Waals surface area contributed by atoms with Crippen LogP contribution in [0.2, 0.25) is 0 Å². The maximum Gasteiger partial charge on any atom is 0.408 e. The quantitative estimate of drug-likeness (QED) is 0.676. The first-order chi connectivity index (χ1) is 13.6. The summed E-state index contributed by atoms with van der Waals surface area (Å²) in [5.41, 5.74) is 1.75. The lowest BCUT2D eigenvalue weighted by atomic mass is 10.0. The van der Waals surface area contributed by atoms with Gasteiger partial charge in [0.05, 0.1) is 12.6 Å². The van der Waals surface area contributed by atoms with Gasteiger partial charge in [-0.2, -0.15) is 0 Å². The van der Waals surface area contributed by atoms with Gasteiger partial charge in [0.2, 0.25) is 5.91 Å². The molecule has 0 bridgehead atoms. The molecule has 148 valence electrons. The van der Waals surface area contributed by atoms with Crippen LogP contribution in [0.5, 0.6) is 0 Å². The van der Waals surface area contributed by atoms with Crippen molar-refractivity contribution in [3.05, 3.63) is 71.8 Å². The first-order valence-electron chi connectivity index (χ1n) is 9.23. The van der Waals surface area contributed by atoms with Crippen LogP contribution >= 0.6 is 0 Å². The number of carbonyl (C=O) groups is 2. The lowest BCUT2D eigenvalue weighted by Gasteiger charge is -2.22. The number of aliphatic hydroxyl groups is 1. The molecule has 2 aromatic carbocycles. The zero-order valence-electron chi connectivity index (χ0n) is 15.4. The lowest BCUT2D eigenvalue weighted by Crippen LogP contribution is -2.52. The van der Waals surface area contributed by atoms with Crippen LogP contribution in [-0.2, 0) is 27.3 Å². The predicted molar refractivity (Wildman–Crippen MR) is 102 cm³/mol. The van der Waals surface area contributed by atoms with Crippen molar-refractivity contribution in [2.24, 2.45) is 0 Å². The van der Waals surface area contributed by atoms with Crippen molar-refractivity contribution in [3.8, 4) is 0 Å². The number of aliphatic hydroxyl groups excluding tert-OH is 1. The molecule has 2 aromatic rings. The van der Waals surface area contributed by atoms with Crippen LogP contribution < -0.4 is 10.6 Å². The third kappa shape index (κ3) is 5.80. The number of benzene rings is 2. The van der Waals surface area contributed by atoms with Gasteiger partial charge in [-0.15, -0.1) is 0 Å². The highest BCUT2D eigenvalue weighted by Gasteiger charge is 2.31. The number of ether oxygens (including phenoxy) is 2. The smallest absolute Gasteiger partial charge is 0.408 e. The molecular weight excluding hydrogens is 360 g/mol. The molecule has 1 heterocycles. The van der Waals surface area contributed by atoms with Gasteiger partial charge in [-0.1, -0.05) is 60.7 Å². The molecule has 7 nitrogen and oxygen atoms in total. The SMILES string of the molecule is O=C(NC(Cc1ccccc1)C(=O)N[C@H]1CCOC1O)OCc1ccccc1. The first kappa shape index (κ1) is 19.9. The first-order valence-corrected chi connectivity index (χ1v) is 9.23. The van der Waals surface area contributed by atoms with Crippen LogP contribution in [-0.4, -0.2) is 42.1 Å². The van der Waals surface area contributed by atoms with Crippen molar-refractivity contribution < 1.29 is 24.2 Å². The molecule has 1 fully saturated rings. The Hall–Kier alpha value is -2.90. The summed E-state index contributed by atoms with van der Waals surface area (Å²) in [6.07, 6.45) is -0.894. The Labute approximate surface area is 163 Å². The average molecular weight is 384 g/mol. The van der Waals surface area contributed by atoms with Crippen molar-refractivity contribution >= 4 is 12.0 Å². The van der Waals surface area contributed by atoms with E-state index in [1.54, 1.807) is 0 Å². The highest BCUT2D eigenvalue weighted by Crippen LogP contribution is 2.12. The minimum absolute atomic E-state index is 0.113. The number of carbonyl (C=O) groups excluding carboxylic acids is 2. The number of nitrogens with one attached hydrogen (secondary N) is 2. The van der Waals surface area contributed by atoms with Crippen molar-refractivity contribution in [3.63, 3.8) is 0 Å². The summed E-state index contributed by atoms with van der Waals surface area (Å²) in [6.45, 7) is 0.490. The summed E-state index contributed by atoms with van der Waals surface area (Å²) in [4.78, 5) is 24.9. The zero-order valence-corrected chi connectivity index (χ0v) is 15.4. The third-order valence-corrected chi connectivity index (χ3v) is 4.49. The minimum Gasteiger partial charge on any atom is -0.445 e. The molecule has 3 N–H and O–H groups in total. The summed E-state index contributed by atoms with van der Waals surface area (Å²) in [6, 6.07) is 17.3. The standard InChI is InChI=1S/C21H24N2O5/c24-19(22-17-11-12-27-20(17)25)18(13-15-7-3-1-4-8-15)23-21(26)28-14-16-9-5-2-6-10-16/h1-10,17-18,20,25H,11-14H2,(H,22,24)(H,23,26)/t17-,18?,20?/m0/s1. The Kier molecular flexibility index (Phi) is 7.00. The number of amides is 2. The summed E-state index contributed by atoms with van der Waals surface area (Å²) < 4.78 is 10.3. The monoisotopic (exact) mass is 384 g/mol. The van der Waals surface area contributed by atoms with Gasteiger partial charge in [-0.25, -0.2) is 4.79 Å². The molecule has 0 aliphatic carbocycles. The highest BCUT2D eigenvalue weighted by atomic mass is 16.6. The van der Waals surface area contributed by atoms with Gasteiger partial charge >= 0.3 is 6.09 Å². The molecule has 28 heavy (non-hydrogen) atoms. The average Bonchev–Trinajstić information content (AvgIpc) is 3.12. The summed E-state index contributed by atoms with van der Waals surface area (Å²) in [5.74, 6) is -0.393. The van der Waals surface area contributed by atoms with Crippen LogP contribution in [0.25, 0.3) is 0 Å². The Morgan fingerprint density at radius 1 is 1.07 bits per heavy atom. The molecule has 2 unspecified atom stereocenters. The van der Waals surface area contributed by atoms with Gasteiger partial charge in [-0.05, 0) is 17.5 Å². The maximum atomic E-state index is 12.7. The number of alkyl carbamates (subject to hydrolysis) is 1. The second-order valence-electron chi connectivity index (χ2n) is 6.61. The molecule has 1 aliphatic heterocycles. The summed E-state index contributed by atoms with van der Waals surface area (Å²) in [5, 5.41) is 15.1. The van der Waals surface area contributed by atoms with E-state index in [2.05, 4.69) is 10.6 Å². The molecular formula is C21H24N2O5. The van der Waals surface area contributed by atoms with E-state index in [1.165, 1.54) is 0 Å². The molecule has 0 spiro atoms. The molecule has 3 rings (SSSR count). The van der Waals surface area contributed by atoms with Gasteiger partial charge in [0.1, 0.15) is 12.6 Å². The fourth-order valence-electron chi connectivity index (χ4n) is 2.97. The van der Waals surface area contributed by atoms with Gasteiger partial charge in [0, 0.05) is 6.42 Å². The molecule has 1 saturated heterocycles. The van der Waals surface area contributed by atoms with Gasteiger partial charge in [0.15, 0.2) is 6.29 Å². The molecule has 2 amide bonds. The Balaban J connectivity index is 1.61. The third-order valence-electron chi connectivity index (χ3n) is 4.49. The van der Waals surface area contributed by atoms with Gasteiger partial charge in [0.25, 0.3) is 0 Å². The Bertz CT molecular complexity index is 769. The number of hydrogen-bond acceptors (Lipinski definition) is 5. The Morgan fingerprint density at radius 3 is 2.32 bits per heavy atom. The van der Waals surface area contributed by atoms with Crippen LogP contribution in [0, 0.1) is 0 Å². The fourth-order valence-corrected chi connectivity index (χ4v) is 2.97. The molecule has 1 aliphatic rings. The lowest BCUT2D eigenvalue weighted by molar-refractivity contribution is -0.127. The number of hydrogen-bond donors (Lipinski definition) is 3. The minimum atomic E-state index is -1.04. The second-order valence-corrected chi connectivity index (χ2v) is 6.61. The number of rotatable bonds is 7. The van der Waals surface area contributed by atoms with Crippen molar-refractivity contribution in [1.29, 1.82) is 0 Å². The van der Waals surface area contributed by atoms with Crippen LogP contribution in [0.4, 0.5) is 4.79 Å². The van der Waals surface area contributed by atoms with Gasteiger partial charge < -0.3 is 25.2 Å². The summed E-state index contributed by atoms with van der Waals surface area (Å²) in [7, 11) is 0. The molecule has 0 radical (unpaired) electrons. The van der Waals surface area contributed by atoms with E-state index in [0.29, 0.717) is 19.4 Å². The highest BCUT2D eigenvalue weighted by molar-refractivity contribution is 5.86.